The van der Waals surface area contributed by atoms with Crippen molar-refractivity contribution in [1.82, 2.24) is 5.32 Å². The van der Waals surface area contributed by atoms with E-state index in [2.05, 4.69) is 45.1 Å². The zero-order chi connectivity index (χ0) is 14.5. The molecule has 0 aromatic heterocycles. The Balaban J connectivity index is 1.94. The summed E-state index contributed by atoms with van der Waals surface area (Å²) in [5.74, 6) is 0.878. The first-order valence-electron chi connectivity index (χ1n) is 8.38. The van der Waals surface area contributed by atoms with Crippen LogP contribution in [0.25, 0.3) is 0 Å². The first-order chi connectivity index (χ1) is 9.58. The van der Waals surface area contributed by atoms with Crippen LogP contribution >= 0.6 is 0 Å². The van der Waals surface area contributed by atoms with E-state index in [-0.39, 0.29) is 0 Å². The van der Waals surface area contributed by atoms with Gasteiger partial charge in [-0.25, -0.2) is 0 Å². The van der Waals surface area contributed by atoms with Gasteiger partial charge in [0.15, 0.2) is 0 Å². The number of nitrogens with one attached hydrogen (secondary N) is 1. The monoisotopic (exact) mass is 273 g/mol. The first kappa shape index (κ1) is 15.6. The summed E-state index contributed by atoms with van der Waals surface area (Å²) in [4.78, 5) is 0. The van der Waals surface area contributed by atoms with Crippen molar-refractivity contribution >= 4 is 0 Å². The Kier molecular flexibility index (Phi) is 5.65. The SMILES string of the molecule is Cc1cc(C)c(CN[C@H](C)C2CCCCCC2)c(C)c1. The van der Waals surface area contributed by atoms with Gasteiger partial charge in [0.2, 0.25) is 0 Å². The first-order valence-corrected chi connectivity index (χ1v) is 8.38. The number of hydrogen-bond acceptors (Lipinski definition) is 1. The molecule has 1 atom stereocenters. The molecule has 0 aliphatic heterocycles. The minimum atomic E-state index is 0.646. The normalized spacial score (nSPS) is 18.8. The van der Waals surface area contributed by atoms with Gasteiger partial charge >= 0.3 is 0 Å². The third kappa shape index (κ3) is 4.09. The maximum Gasteiger partial charge on any atom is 0.0213 e. The van der Waals surface area contributed by atoms with Crippen LogP contribution in [-0.4, -0.2) is 6.04 Å². The Morgan fingerprint density at radius 1 is 1.00 bits per heavy atom. The van der Waals surface area contributed by atoms with Gasteiger partial charge in [-0.2, -0.15) is 0 Å². The molecule has 1 aliphatic carbocycles. The second-order valence-electron chi connectivity index (χ2n) is 6.80. The van der Waals surface area contributed by atoms with Crippen LogP contribution in [-0.2, 0) is 6.54 Å². The van der Waals surface area contributed by atoms with E-state index in [4.69, 9.17) is 0 Å². The van der Waals surface area contributed by atoms with E-state index in [0.717, 1.165) is 12.5 Å². The van der Waals surface area contributed by atoms with Gasteiger partial charge in [-0.15, -0.1) is 0 Å². The average molecular weight is 273 g/mol. The van der Waals surface area contributed by atoms with Crippen LogP contribution in [0, 0.1) is 26.7 Å². The summed E-state index contributed by atoms with van der Waals surface area (Å²) < 4.78 is 0. The fraction of sp³-hybridized carbons (Fsp3) is 0.684. The number of rotatable bonds is 4. The predicted molar refractivity (Wildman–Crippen MR) is 88.1 cm³/mol. The van der Waals surface area contributed by atoms with Gasteiger partial charge in [-0.3, -0.25) is 0 Å². The molecule has 1 saturated carbocycles. The molecule has 1 nitrogen and oxygen atoms in total. The Morgan fingerprint density at radius 2 is 1.55 bits per heavy atom. The third-order valence-electron chi connectivity index (χ3n) is 5.05. The highest BCUT2D eigenvalue weighted by Crippen LogP contribution is 2.26. The molecule has 0 heterocycles. The van der Waals surface area contributed by atoms with Crippen LogP contribution in [0.4, 0.5) is 0 Å². The fourth-order valence-corrected chi connectivity index (χ4v) is 3.73. The standard InChI is InChI=1S/C19H31N/c1-14-11-15(2)19(16(3)12-14)13-20-17(4)18-9-7-5-6-8-10-18/h11-12,17-18,20H,5-10,13H2,1-4H3/t17-/m1/s1. The topological polar surface area (TPSA) is 12.0 Å². The van der Waals surface area contributed by atoms with Gasteiger partial charge in [-0.05, 0) is 63.1 Å². The van der Waals surface area contributed by atoms with Crippen molar-refractivity contribution in [2.45, 2.75) is 78.8 Å². The largest absolute Gasteiger partial charge is 0.310 e. The Hall–Kier alpha value is -0.820. The molecule has 0 radical (unpaired) electrons. The van der Waals surface area contributed by atoms with Crippen LogP contribution in [0.2, 0.25) is 0 Å². The summed E-state index contributed by atoms with van der Waals surface area (Å²) in [6.45, 7) is 10.1. The molecule has 1 aromatic rings. The Bertz CT molecular complexity index is 404. The van der Waals surface area contributed by atoms with Gasteiger partial charge in [0.25, 0.3) is 0 Å². The van der Waals surface area contributed by atoms with E-state index in [1.54, 1.807) is 0 Å². The molecule has 20 heavy (non-hydrogen) atoms. The van der Waals surface area contributed by atoms with Crippen molar-refractivity contribution in [3.8, 4) is 0 Å². The van der Waals surface area contributed by atoms with Crippen molar-refractivity contribution in [3.05, 3.63) is 34.4 Å². The summed E-state index contributed by atoms with van der Waals surface area (Å²) in [6, 6.07) is 5.26. The van der Waals surface area contributed by atoms with Crippen molar-refractivity contribution in [2.75, 3.05) is 0 Å². The fourth-order valence-electron chi connectivity index (χ4n) is 3.73. The third-order valence-corrected chi connectivity index (χ3v) is 5.05. The lowest BCUT2D eigenvalue weighted by Gasteiger charge is -2.24. The van der Waals surface area contributed by atoms with Crippen molar-refractivity contribution in [1.29, 1.82) is 0 Å². The highest BCUT2D eigenvalue weighted by Gasteiger charge is 2.18. The smallest absolute Gasteiger partial charge is 0.0213 e. The van der Waals surface area contributed by atoms with Crippen LogP contribution in [0.1, 0.15) is 67.7 Å². The minimum Gasteiger partial charge on any atom is -0.310 e. The highest BCUT2D eigenvalue weighted by molar-refractivity contribution is 5.37. The molecular weight excluding hydrogens is 242 g/mol. The van der Waals surface area contributed by atoms with Gasteiger partial charge in [0.05, 0.1) is 0 Å². The van der Waals surface area contributed by atoms with Crippen LogP contribution in [0.3, 0.4) is 0 Å². The second-order valence-corrected chi connectivity index (χ2v) is 6.80. The molecule has 1 aliphatic rings. The number of benzene rings is 1. The zero-order valence-corrected chi connectivity index (χ0v) is 13.8. The predicted octanol–water partition coefficient (Wildman–Crippen LogP) is 5.06. The van der Waals surface area contributed by atoms with E-state index in [1.807, 2.05) is 0 Å². The van der Waals surface area contributed by atoms with E-state index in [9.17, 15) is 0 Å². The summed E-state index contributed by atoms with van der Waals surface area (Å²) in [5, 5.41) is 3.80. The Labute approximate surface area is 125 Å². The van der Waals surface area contributed by atoms with Crippen molar-refractivity contribution < 1.29 is 0 Å². The highest BCUT2D eigenvalue weighted by atomic mass is 14.9. The quantitative estimate of drug-likeness (QED) is 0.756. The molecule has 1 heteroatoms. The van der Waals surface area contributed by atoms with Gasteiger partial charge in [-0.1, -0.05) is 43.4 Å². The van der Waals surface area contributed by atoms with E-state index < -0.39 is 0 Å². The minimum absolute atomic E-state index is 0.646. The summed E-state index contributed by atoms with van der Waals surface area (Å²) in [6.07, 6.45) is 8.58. The molecule has 0 spiro atoms. The van der Waals surface area contributed by atoms with E-state index in [0.29, 0.717) is 6.04 Å². The van der Waals surface area contributed by atoms with Crippen molar-refractivity contribution in [3.63, 3.8) is 0 Å². The van der Waals surface area contributed by atoms with E-state index in [1.165, 1.54) is 60.8 Å². The average Bonchev–Trinajstić information content (AvgIpc) is 2.66. The summed E-state index contributed by atoms with van der Waals surface area (Å²) in [5.41, 5.74) is 5.74. The molecule has 1 aromatic carbocycles. The lowest BCUT2D eigenvalue weighted by Crippen LogP contribution is -2.33. The number of hydrogen-bond donors (Lipinski definition) is 1. The molecule has 112 valence electrons. The molecular formula is C19H31N. The molecule has 0 bridgehead atoms. The van der Waals surface area contributed by atoms with Gasteiger partial charge < -0.3 is 5.32 Å². The molecule has 1 fully saturated rings. The molecule has 0 unspecified atom stereocenters. The molecule has 0 saturated heterocycles. The van der Waals surface area contributed by atoms with Crippen LogP contribution in [0.15, 0.2) is 12.1 Å². The Morgan fingerprint density at radius 3 is 2.10 bits per heavy atom. The lowest BCUT2D eigenvalue weighted by atomic mass is 9.92. The maximum absolute atomic E-state index is 3.80. The van der Waals surface area contributed by atoms with Crippen LogP contribution in [0.5, 0.6) is 0 Å². The number of aryl methyl sites for hydroxylation is 3. The van der Waals surface area contributed by atoms with Gasteiger partial charge in [0, 0.05) is 12.6 Å². The lowest BCUT2D eigenvalue weighted by molar-refractivity contribution is 0.336. The van der Waals surface area contributed by atoms with Gasteiger partial charge in [0.1, 0.15) is 0 Å². The molecule has 2 rings (SSSR count). The molecule has 1 N–H and O–H groups in total. The molecule has 0 amide bonds. The van der Waals surface area contributed by atoms with E-state index >= 15 is 0 Å². The zero-order valence-electron chi connectivity index (χ0n) is 13.8. The summed E-state index contributed by atoms with van der Waals surface area (Å²) >= 11 is 0. The second kappa shape index (κ2) is 7.26. The van der Waals surface area contributed by atoms with Crippen molar-refractivity contribution in [2.24, 2.45) is 5.92 Å². The maximum atomic E-state index is 3.80. The van der Waals surface area contributed by atoms with Crippen LogP contribution < -0.4 is 5.32 Å². The summed E-state index contributed by atoms with van der Waals surface area (Å²) in [7, 11) is 0.